The number of carbonyl (C=O) groups is 1. The van der Waals surface area contributed by atoms with Gasteiger partial charge in [-0.15, -0.1) is 0 Å². The van der Waals surface area contributed by atoms with Gasteiger partial charge in [-0.1, -0.05) is 0 Å². The van der Waals surface area contributed by atoms with Crippen LogP contribution in [0.1, 0.15) is 32.6 Å². The van der Waals surface area contributed by atoms with E-state index < -0.39 is 0 Å². The summed E-state index contributed by atoms with van der Waals surface area (Å²) >= 11 is 2.25. The molecule has 0 N–H and O–H groups in total. The van der Waals surface area contributed by atoms with Crippen molar-refractivity contribution in [1.82, 2.24) is 0 Å². The first kappa shape index (κ1) is 10.0. The minimum Gasteiger partial charge on any atom is -0.463 e. The van der Waals surface area contributed by atoms with Crippen LogP contribution in [0, 0.1) is 0 Å². The summed E-state index contributed by atoms with van der Waals surface area (Å²) in [4.78, 5) is 11.3. The summed E-state index contributed by atoms with van der Waals surface area (Å²) in [7, 11) is 0. The monoisotopic (exact) mass is 280 g/mol. The van der Waals surface area contributed by atoms with Crippen molar-refractivity contribution in [2.75, 3.05) is 6.61 Å². The van der Waals surface area contributed by atoms with Crippen LogP contribution in [0.3, 0.4) is 0 Å². The van der Waals surface area contributed by atoms with E-state index in [0.29, 0.717) is 6.61 Å². The van der Waals surface area contributed by atoms with Gasteiger partial charge in [0.05, 0.1) is 6.61 Å². The maximum Gasteiger partial charge on any atom is 0.334 e. The van der Waals surface area contributed by atoms with Gasteiger partial charge in [-0.3, -0.25) is 0 Å². The lowest BCUT2D eigenvalue weighted by molar-refractivity contribution is -0.138. The van der Waals surface area contributed by atoms with Crippen molar-refractivity contribution >= 4 is 28.6 Å². The molecule has 0 amide bonds. The Morgan fingerprint density at radius 1 is 1.50 bits per heavy atom. The zero-order valence-electron chi connectivity index (χ0n) is 7.23. The highest BCUT2D eigenvalue weighted by Crippen LogP contribution is 2.29. The van der Waals surface area contributed by atoms with Gasteiger partial charge in [-0.25, -0.2) is 4.79 Å². The first-order valence-corrected chi connectivity index (χ1v) is 5.38. The second-order valence-electron chi connectivity index (χ2n) is 2.81. The predicted octanol–water partition coefficient (Wildman–Crippen LogP) is 2.81. The smallest absolute Gasteiger partial charge is 0.334 e. The van der Waals surface area contributed by atoms with Crippen molar-refractivity contribution in [3.8, 4) is 0 Å². The Morgan fingerprint density at radius 2 is 2.17 bits per heavy atom. The van der Waals surface area contributed by atoms with E-state index in [-0.39, 0.29) is 5.97 Å². The molecule has 0 aromatic carbocycles. The number of hydrogen-bond acceptors (Lipinski definition) is 2. The van der Waals surface area contributed by atoms with Crippen LogP contribution in [0.4, 0.5) is 0 Å². The molecule has 0 spiro atoms. The lowest BCUT2D eigenvalue weighted by Gasteiger charge is -2.14. The Kier molecular flexibility index (Phi) is 4.05. The highest BCUT2D eigenvalue weighted by atomic mass is 127. The van der Waals surface area contributed by atoms with Gasteiger partial charge < -0.3 is 4.74 Å². The van der Waals surface area contributed by atoms with Crippen LogP contribution in [0.25, 0.3) is 0 Å². The Hall–Kier alpha value is -0.0600. The maximum absolute atomic E-state index is 11.3. The van der Waals surface area contributed by atoms with Gasteiger partial charge in [0.15, 0.2) is 0 Å². The van der Waals surface area contributed by atoms with Crippen molar-refractivity contribution < 1.29 is 9.53 Å². The number of hydrogen-bond donors (Lipinski definition) is 0. The number of rotatable bonds is 2. The molecule has 0 saturated heterocycles. The molecular weight excluding hydrogens is 267 g/mol. The quantitative estimate of drug-likeness (QED) is 0.574. The van der Waals surface area contributed by atoms with E-state index in [0.717, 1.165) is 24.8 Å². The molecule has 1 rings (SSSR count). The van der Waals surface area contributed by atoms with E-state index in [4.69, 9.17) is 4.74 Å². The lowest BCUT2D eigenvalue weighted by atomic mass is 10.00. The zero-order chi connectivity index (χ0) is 8.97. The third-order valence-electron chi connectivity index (χ3n) is 1.92. The number of allylic oxidation sites excluding steroid dienone is 1. The molecule has 3 heteroatoms. The second-order valence-corrected chi connectivity index (χ2v) is 4.11. The molecular formula is C9H13IO2. The van der Waals surface area contributed by atoms with E-state index in [1.54, 1.807) is 0 Å². The van der Waals surface area contributed by atoms with Crippen LogP contribution in [0.5, 0.6) is 0 Å². The van der Waals surface area contributed by atoms with Crippen molar-refractivity contribution in [3.05, 3.63) is 9.15 Å². The Morgan fingerprint density at radius 3 is 2.75 bits per heavy atom. The number of carbonyl (C=O) groups excluding carboxylic acids is 1. The molecule has 0 saturated carbocycles. The van der Waals surface area contributed by atoms with Gasteiger partial charge in [0, 0.05) is 9.15 Å². The standard InChI is InChI=1S/C9H13IO2/c1-2-12-9(11)7-5-3-4-6-8(7)10/h2-6H2,1H3. The molecule has 0 aliphatic heterocycles. The summed E-state index contributed by atoms with van der Waals surface area (Å²) in [6, 6.07) is 0. The van der Waals surface area contributed by atoms with Crippen LogP contribution < -0.4 is 0 Å². The molecule has 0 radical (unpaired) electrons. The molecule has 0 aromatic rings. The maximum atomic E-state index is 11.3. The normalized spacial score (nSPS) is 17.8. The fraction of sp³-hybridized carbons (Fsp3) is 0.667. The fourth-order valence-electron chi connectivity index (χ4n) is 1.30. The summed E-state index contributed by atoms with van der Waals surface area (Å²) in [6.07, 6.45) is 4.29. The van der Waals surface area contributed by atoms with Crippen molar-refractivity contribution in [2.45, 2.75) is 32.6 Å². The van der Waals surface area contributed by atoms with Crippen LogP contribution >= 0.6 is 22.6 Å². The molecule has 2 nitrogen and oxygen atoms in total. The topological polar surface area (TPSA) is 26.3 Å². The first-order chi connectivity index (χ1) is 5.75. The molecule has 1 aliphatic carbocycles. The van der Waals surface area contributed by atoms with Gasteiger partial charge in [0.25, 0.3) is 0 Å². The minimum absolute atomic E-state index is 0.110. The third-order valence-corrected chi connectivity index (χ3v) is 3.11. The Balaban J connectivity index is 2.64. The van der Waals surface area contributed by atoms with Gasteiger partial charge in [0.2, 0.25) is 0 Å². The molecule has 68 valence electrons. The number of halogens is 1. The second kappa shape index (κ2) is 4.84. The molecule has 0 heterocycles. The summed E-state index contributed by atoms with van der Waals surface area (Å²) < 4.78 is 6.14. The van der Waals surface area contributed by atoms with E-state index in [2.05, 4.69) is 22.6 Å². The van der Waals surface area contributed by atoms with E-state index in [1.165, 1.54) is 10.0 Å². The Bertz CT molecular complexity index is 209. The number of ether oxygens (including phenoxy) is 1. The van der Waals surface area contributed by atoms with Crippen LogP contribution in [-0.2, 0) is 9.53 Å². The fourth-order valence-corrected chi connectivity index (χ4v) is 2.17. The number of esters is 1. The summed E-state index contributed by atoms with van der Waals surface area (Å²) in [6.45, 7) is 2.32. The SMILES string of the molecule is CCOC(=O)C1=C(I)CCCC1. The van der Waals surface area contributed by atoms with Crippen molar-refractivity contribution in [1.29, 1.82) is 0 Å². The largest absolute Gasteiger partial charge is 0.463 e. The van der Waals surface area contributed by atoms with Gasteiger partial charge in [-0.2, -0.15) is 0 Å². The molecule has 0 bridgehead atoms. The van der Waals surface area contributed by atoms with Crippen molar-refractivity contribution in [3.63, 3.8) is 0 Å². The van der Waals surface area contributed by atoms with E-state index in [9.17, 15) is 4.79 Å². The first-order valence-electron chi connectivity index (χ1n) is 4.30. The molecule has 0 unspecified atom stereocenters. The van der Waals surface area contributed by atoms with Crippen LogP contribution in [-0.4, -0.2) is 12.6 Å². The zero-order valence-corrected chi connectivity index (χ0v) is 9.39. The average molecular weight is 280 g/mol. The minimum atomic E-state index is -0.110. The van der Waals surface area contributed by atoms with Gasteiger partial charge in [0.1, 0.15) is 0 Å². The average Bonchev–Trinajstić information content (AvgIpc) is 2.05. The Labute approximate surface area is 86.5 Å². The molecule has 12 heavy (non-hydrogen) atoms. The van der Waals surface area contributed by atoms with E-state index in [1.807, 2.05) is 6.92 Å². The van der Waals surface area contributed by atoms with Crippen molar-refractivity contribution in [2.24, 2.45) is 0 Å². The molecule has 0 atom stereocenters. The molecule has 0 fully saturated rings. The van der Waals surface area contributed by atoms with Crippen LogP contribution in [0.2, 0.25) is 0 Å². The highest BCUT2D eigenvalue weighted by molar-refractivity contribution is 14.1. The molecule has 1 aliphatic rings. The summed E-state index contributed by atoms with van der Waals surface area (Å²) in [5.41, 5.74) is 0.906. The van der Waals surface area contributed by atoms with Gasteiger partial charge in [-0.05, 0) is 55.2 Å². The van der Waals surface area contributed by atoms with Crippen LogP contribution in [0.15, 0.2) is 9.15 Å². The third kappa shape index (κ3) is 2.47. The van der Waals surface area contributed by atoms with E-state index >= 15 is 0 Å². The highest BCUT2D eigenvalue weighted by Gasteiger charge is 2.17. The summed E-state index contributed by atoms with van der Waals surface area (Å²) in [5.74, 6) is -0.110. The van der Waals surface area contributed by atoms with Gasteiger partial charge >= 0.3 is 5.97 Å². The predicted molar refractivity (Wildman–Crippen MR) is 56.1 cm³/mol. The molecule has 0 aromatic heterocycles. The lowest BCUT2D eigenvalue weighted by Crippen LogP contribution is -2.11. The summed E-state index contributed by atoms with van der Waals surface area (Å²) in [5, 5.41) is 0.